The molecule has 0 spiro atoms. The molecule has 2 aromatic heterocycles. The van der Waals surface area contributed by atoms with Gasteiger partial charge in [-0.05, 0) is 24.3 Å². The predicted octanol–water partition coefficient (Wildman–Crippen LogP) is 3.19. The van der Waals surface area contributed by atoms with E-state index in [2.05, 4.69) is 4.98 Å². The van der Waals surface area contributed by atoms with Crippen molar-refractivity contribution < 1.29 is 14.3 Å². The van der Waals surface area contributed by atoms with Crippen molar-refractivity contribution in [3.8, 4) is 11.5 Å². The van der Waals surface area contributed by atoms with Crippen LogP contribution in [0.1, 0.15) is 10.4 Å². The first kappa shape index (κ1) is 10.5. The number of hydrogen-bond acceptors (Lipinski definition) is 3. The van der Waals surface area contributed by atoms with Crippen LogP contribution in [0.2, 0.25) is 0 Å². The van der Waals surface area contributed by atoms with Crippen molar-refractivity contribution in [1.29, 1.82) is 0 Å². The van der Waals surface area contributed by atoms with Crippen molar-refractivity contribution >= 4 is 16.9 Å². The number of carboxylic acids is 1. The van der Waals surface area contributed by atoms with Crippen molar-refractivity contribution in [2.24, 2.45) is 0 Å². The second-order valence-corrected chi connectivity index (χ2v) is 3.89. The molecule has 0 amide bonds. The summed E-state index contributed by atoms with van der Waals surface area (Å²) in [6.07, 6.45) is 1.32. The van der Waals surface area contributed by atoms with Crippen LogP contribution in [-0.2, 0) is 0 Å². The third-order valence-electron chi connectivity index (χ3n) is 2.69. The van der Waals surface area contributed by atoms with Crippen LogP contribution < -0.4 is 0 Å². The highest BCUT2D eigenvalue weighted by molar-refractivity contribution is 5.87. The molecule has 18 heavy (non-hydrogen) atoms. The Balaban J connectivity index is 2.06. The van der Waals surface area contributed by atoms with Gasteiger partial charge in [0.15, 0.2) is 5.76 Å². The normalized spacial score (nSPS) is 10.7. The zero-order chi connectivity index (χ0) is 12.5. The summed E-state index contributed by atoms with van der Waals surface area (Å²) in [5.41, 5.74) is 1.57. The van der Waals surface area contributed by atoms with E-state index in [4.69, 9.17) is 9.52 Å². The van der Waals surface area contributed by atoms with Crippen LogP contribution in [0.25, 0.3) is 22.4 Å². The number of carboxylic acid groups (broad SMARTS) is 1. The van der Waals surface area contributed by atoms with E-state index in [0.29, 0.717) is 11.5 Å². The van der Waals surface area contributed by atoms with Crippen molar-refractivity contribution in [2.75, 3.05) is 0 Å². The molecule has 0 unspecified atom stereocenters. The number of para-hydroxylation sites is 1. The molecule has 4 nitrogen and oxygen atoms in total. The Morgan fingerprint density at radius 2 is 2.00 bits per heavy atom. The lowest BCUT2D eigenvalue weighted by atomic mass is 10.2. The van der Waals surface area contributed by atoms with Crippen molar-refractivity contribution in [1.82, 2.24) is 4.98 Å². The van der Waals surface area contributed by atoms with Crippen LogP contribution in [0.3, 0.4) is 0 Å². The van der Waals surface area contributed by atoms with Crippen molar-refractivity contribution in [3.63, 3.8) is 0 Å². The molecule has 0 saturated heterocycles. The maximum absolute atomic E-state index is 10.7. The molecule has 88 valence electrons. The predicted molar refractivity (Wildman–Crippen MR) is 66.4 cm³/mol. The molecule has 0 radical (unpaired) electrons. The molecule has 0 atom stereocenters. The summed E-state index contributed by atoms with van der Waals surface area (Å²) in [5, 5.41) is 9.79. The zero-order valence-corrected chi connectivity index (χ0v) is 9.33. The summed E-state index contributed by atoms with van der Waals surface area (Å²) in [5.74, 6) is -0.355. The van der Waals surface area contributed by atoms with E-state index in [-0.39, 0.29) is 5.56 Å². The first-order valence-electron chi connectivity index (χ1n) is 5.42. The van der Waals surface area contributed by atoms with Gasteiger partial charge in [0.1, 0.15) is 11.3 Å². The molecule has 2 heterocycles. The van der Waals surface area contributed by atoms with E-state index in [1.165, 1.54) is 12.3 Å². The van der Waals surface area contributed by atoms with E-state index in [1.54, 1.807) is 6.07 Å². The second kappa shape index (κ2) is 4.00. The molecule has 1 aromatic carbocycles. The van der Waals surface area contributed by atoms with Crippen molar-refractivity contribution in [2.45, 2.75) is 0 Å². The average molecular weight is 239 g/mol. The largest absolute Gasteiger partial charge is 0.478 e. The van der Waals surface area contributed by atoms with Gasteiger partial charge < -0.3 is 9.52 Å². The summed E-state index contributed by atoms with van der Waals surface area (Å²) in [6.45, 7) is 0. The Morgan fingerprint density at radius 1 is 1.17 bits per heavy atom. The van der Waals surface area contributed by atoms with Gasteiger partial charge in [-0.15, -0.1) is 0 Å². The van der Waals surface area contributed by atoms with Gasteiger partial charge in [-0.25, -0.2) is 4.79 Å². The number of furan rings is 1. The summed E-state index contributed by atoms with van der Waals surface area (Å²) in [6, 6.07) is 12.7. The Hall–Kier alpha value is -2.62. The van der Waals surface area contributed by atoms with Gasteiger partial charge in [0.25, 0.3) is 0 Å². The molecule has 0 aliphatic heterocycles. The fourth-order valence-corrected chi connectivity index (χ4v) is 1.77. The van der Waals surface area contributed by atoms with Crippen molar-refractivity contribution in [3.05, 3.63) is 54.2 Å². The second-order valence-electron chi connectivity index (χ2n) is 3.89. The van der Waals surface area contributed by atoms with Gasteiger partial charge >= 0.3 is 5.97 Å². The number of nitrogens with zero attached hydrogens (tertiary/aromatic N) is 1. The highest BCUT2D eigenvalue weighted by Gasteiger charge is 2.08. The van der Waals surface area contributed by atoms with Gasteiger partial charge in [0.05, 0.1) is 5.56 Å². The maximum Gasteiger partial charge on any atom is 0.337 e. The lowest BCUT2D eigenvalue weighted by Gasteiger charge is -1.96. The number of carbonyl (C=O) groups is 1. The molecular weight excluding hydrogens is 230 g/mol. The molecular formula is C14H9NO3. The third kappa shape index (κ3) is 1.73. The van der Waals surface area contributed by atoms with E-state index in [0.717, 1.165) is 11.0 Å². The lowest BCUT2D eigenvalue weighted by molar-refractivity contribution is 0.0696. The van der Waals surface area contributed by atoms with Crippen LogP contribution in [-0.4, -0.2) is 16.1 Å². The minimum absolute atomic E-state index is 0.162. The Kier molecular flexibility index (Phi) is 2.34. The monoisotopic (exact) mass is 239 g/mol. The molecule has 3 rings (SSSR count). The molecule has 0 aliphatic rings. The number of benzene rings is 1. The van der Waals surface area contributed by atoms with Gasteiger partial charge in [0, 0.05) is 11.6 Å². The average Bonchev–Trinajstić information content (AvgIpc) is 2.82. The summed E-state index contributed by atoms with van der Waals surface area (Å²) < 4.78 is 5.64. The first-order valence-corrected chi connectivity index (χ1v) is 5.42. The van der Waals surface area contributed by atoms with E-state index >= 15 is 0 Å². The zero-order valence-electron chi connectivity index (χ0n) is 9.33. The van der Waals surface area contributed by atoms with E-state index in [1.807, 2.05) is 30.3 Å². The smallest absolute Gasteiger partial charge is 0.337 e. The fourth-order valence-electron chi connectivity index (χ4n) is 1.77. The summed E-state index contributed by atoms with van der Waals surface area (Å²) >= 11 is 0. The lowest BCUT2D eigenvalue weighted by Crippen LogP contribution is -1.96. The molecule has 4 heteroatoms. The fraction of sp³-hybridized carbons (Fsp3) is 0. The van der Waals surface area contributed by atoms with E-state index in [9.17, 15) is 4.79 Å². The molecule has 0 fully saturated rings. The number of fused-ring (bicyclic) bond motifs is 1. The van der Waals surface area contributed by atoms with Crippen LogP contribution in [0, 0.1) is 0 Å². The number of aromatic carboxylic acids is 1. The van der Waals surface area contributed by atoms with Crippen LogP contribution in [0.15, 0.2) is 53.1 Å². The SMILES string of the molecule is O=C(O)c1ccc(-c2cc3ccccc3o2)nc1. The number of rotatable bonds is 2. The van der Waals surface area contributed by atoms with Gasteiger partial charge in [0.2, 0.25) is 0 Å². The quantitative estimate of drug-likeness (QED) is 0.745. The maximum atomic E-state index is 10.7. The number of hydrogen-bond donors (Lipinski definition) is 1. The van der Waals surface area contributed by atoms with Gasteiger partial charge in [-0.2, -0.15) is 0 Å². The molecule has 0 aliphatic carbocycles. The van der Waals surface area contributed by atoms with Crippen LogP contribution in [0.5, 0.6) is 0 Å². The topological polar surface area (TPSA) is 63.3 Å². The molecule has 0 bridgehead atoms. The Labute approximate surface area is 103 Å². The summed E-state index contributed by atoms with van der Waals surface area (Å²) in [7, 11) is 0. The number of pyridine rings is 1. The minimum Gasteiger partial charge on any atom is -0.478 e. The van der Waals surface area contributed by atoms with E-state index < -0.39 is 5.97 Å². The Morgan fingerprint density at radius 3 is 2.67 bits per heavy atom. The molecule has 0 saturated carbocycles. The standard InChI is InChI=1S/C14H9NO3/c16-14(17)10-5-6-11(15-8-10)13-7-9-3-1-2-4-12(9)18-13/h1-8H,(H,16,17). The van der Waals surface area contributed by atoms with Crippen LogP contribution >= 0.6 is 0 Å². The highest BCUT2D eigenvalue weighted by Crippen LogP contribution is 2.26. The third-order valence-corrected chi connectivity index (χ3v) is 2.69. The van der Waals surface area contributed by atoms with Gasteiger partial charge in [-0.1, -0.05) is 18.2 Å². The minimum atomic E-state index is -0.987. The molecule has 1 N–H and O–H groups in total. The highest BCUT2D eigenvalue weighted by atomic mass is 16.4. The number of aromatic nitrogens is 1. The first-order chi connectivity index (χ1) is 8.74. The van der Waals surface area contributed by atoms with Crippen LogP contribution in [0.4, 0.5) is 0 Å². The van der Waals surface area contributed by atoms with Gasteiger partial charge in [-0.3, -0.25) is 4.98 Å². The summed E-state index contributed by atoms with van der Waals surface area (Å²) in [4.78, 5) is 14.8. The Bertz CT molecular complexity index is 680. The molecule has 3 aromatic rings.